The van der Waals surface area contributed by atoms with Gasteiger partial charge in [-0.1, -0.05) is 49.4 Å². The molecule has 0 amide bonds. The van der Waals surface area contributed by atoms with Gasteiger partial charge >= 0.3 is 0 Å². The van der Waals surface area contributed by atoms with E-state index in [4.69, 9.17) is 4.74 Å². The van der Waals surface area contributed by atoms with Gasteiger partial charge in [0, 0.05) is 26.1 Å². The standard InChI is InChI=1S/C23H29NO4/c1-2-21(26)20-10-6-7-11-22(20)28-17-19(25)16-24-14-12-23(27,13-15-24)18-8-4-3-5-9-18/h3-11,19,25,27H,2,12-17H2,1H3. The fraction of sp³-hybridized carbons (Fsp3) is 0.435. The predicted octanol–water partition coefficient (Wildman–Crippen LogP) is 3.00. The molecule has 0 radical (unpaired) electrons. The summed E-state index contributed by atoms with van der Waals surface area (Å²) in [7, 11) is 0. The second kappa shape index (κ2) is 9.32. The van der Waals surface area contributed by atoms with Gasteiger partial charge in [-0.05, 0) is 30.5 Å². The van der Waals surface area contributed by atoms with Crippen molar-refractivity contribution in [3.8, 4) is 5.75 Å². The van der Waals surface area contributed by atoms with Crippen molar-refractivity contribution in [1.29, 1.82) is 0 Å². The number of likely N-dealkylation sites (tertiary alicyclic amines) is 1. The van der Waals surface area contributed by atoms with Gasteiger partial charge in [-0.25, -0.2) is 0 Å². The summed E-state index contributed by atoms with van der Waals surface area (Å²) in [4.78, 5) is 14.1. The fourth-order valence-electron chi connectivity index (χ4n) is 3.69. The van der Waals surface area contributed by atoms with E-state index < -0.39 is 11.7 Å². The summed E-state index contributed by atoms with van der Waals surface area (Å²) in [6, 6.07) is 16.9. The highest BCUT2D eigenvalue weighted by molar-refractivity contribution is 5.98. The van der Waals surface area contributed by atoms with Gasteiger partial charge < -0.3 is 19.8 Å². The van der Waals surface area contributed by atoms with Crippen LogP contribution in [0.25, 0.3) is 0 Å². The first-order valence-corrected chi connectivity index (χ1v) is 9.95. The number of nitrogens with zero attached hydrogens (tertiary/aromatic N) is 1. The molecule has 0 aromatic heterocycles. The van der Waals surface area contributed by atoms with Gasteiger partial charge in [-0.15, -0.1) is 0 Å². The summed E-state index contributed by atoms with van der Waals surface area (Å²) < 4.78 is 5.73. The second-order valence-corrected chi connectivity index (χ2v) is 7.44. The minimum absolute atomic E-state index is 0.0290. The molecule has 5 heteroatoms. The van der Waals surface area contributed by atoms with Crippen LogP contribution in [0.4, 0.5) is 0 Å². The normalized spacial score (nSPS) is 17.8. The molecule has 0 bridgehead atoms. The fourth-order valence-corrected chi connectivity index (χ4v) is 3.69. The molecule has 1 atom stereocenters. The number of hydrogen-bond acceptors (Lipinski definition) is 5. The summed E-state index contributed by atoms with van der Waals surface area (Å²) in [6.07, 6.45) is 1.03. The molecule has 1 unspecified atom stereocenters. The lowest BCUT2D eigenvalue weighted by Gasteiger charge is -2.39. The predicted molar refractivity (Wildman–Crippen MR) is 109 cm³/mol. The summed E-state index contributed by atoms with van der Waals surface area (Å²) in [5, 5.41) is 21.3. The van der Waals surface area contributed by atoms with E-state index in [0.717, 1.165) is 5.56 Å². The van der Waals surface area contributed by atoms with Gasteiger partial charge in [0.1, 0.15) is 18.5 Å². The van der Waals surface area contributed by atoms with Crippen LogP contribution in [0.1, 0.15) is 42.1 Å². The highest BCUT2D eigenvalue weighted by Gasteiger charge is 2.34. The number of carbonyl (C=O) groups is 1. The number of β-amino-alcohol motifs (C(OH)–C–C–N with tert-alkyl or cyclic N) is 1. The molecular formula is C23H29NO4. The molecule has 1 fully saturated rings. The Balaban J connectivity index is 1.49. The molecule has 0 saturated carbocycles. The maximum absolute atomic E-state index is 12.0. The number of rotatable bonds is 8. The van der Waals surface area contributed by atoms with Crippen LogP contribution in [0.5, 0.6) is 5.75 Å². The SMILES string of the molecule is CCC(=O)c1ccccc1OCC(O)CN1CCC(O)(c2ccccc2)CC1. The molecule has 0 aliphatic carbocycles. The summed E-state index contributed by atoms with van der Waals surface area (Å²) in [5.74, 6) is 0.548. The average molecular weight is 383 g/mol. The lowest BCUT2D eigenvalue weighted by Crippen LogP contribution is -2.46. The van der Waals surface area contributed by atoms with Gasteiger partial charge in [0.05, 0.1) is 11.2 Å². The lowest BCUT2D eigenvalue weighted by atomic mass is 9.84. The van der Waals surface area contributed by atoms with Crippen molar-refractivity contribution < 1.29 is 19.7 Å². The topological polar surface area (TPSA) is 70.0 Å². The number of benzene rings is 2. The Morgan fingerprint density at radius 1 is 1.11 bits per heavy atom. The van der Waals surface area contributed by atoms with E-state index in [1.165, 1.54) is 0 Å². The molecule has 1 heterocycles. The molecule has 150 valence electrons. The Kier molecular flexibility index (Phi) is 6.83. The third-order valence-corrected chi connectivity index (χ3v) is 5.40. The van der Waals surface area contributed by atoms with Crippen molar-refractivity contribution in [2.45, 2.75) is 37.9 Å². The minimum atomic E-state index is -0.793. The van der Waals surface area contributed by atoms with E-state index in [1.807, 2.05) is 49.4 Å². The summed E-state index contributed by atoms with van der Waals surface area (Å²) in [6.45, 7) is 3.86. The average Bonchev–Trinajstić information content (AvgIpc) is 2.74. The number of aliphatic hydroxyl groups is 2. The van der Waals surface area contributed by atoms with Crippen LogP contribution in [0.15, 0.2) is 54.6 Å². The summed E-state index contributed by atoms with van der Waals surface area (Å²) >= 11 is 0. The number of ether oxygens (including phenoxy) is 1. The van der Waals surface area contributed by atoms with Crippen molar-refractivity contribution in [2.75, 3.05) is 26.2 Å². The first-order chi connectivity index (χ1) is 13.5. The highest BCUT2D eigenvalue weighted by Crippen LogP contribution is 2.32. The van der Waals surface area contributed by atoms with Crippen molar-refractivity contribution in [3.05, 3.63) is 65.7 Å². The second-order valence-electron chi connectivity index (χ2n) is 7.44. The van der Waals surface area contributed by atoms with E-state index in [2.05, 4.69) is 4.90 Å². The molecular weight excluding hydrogens is 354 g/mol. The maximum Gasteiger partial charge on any atom is 0.166 e. The third kappa shape index (κ3) is 4.98. The van der Waals surface area contributed by atoms with Crippen LogP contribution in [0.3, 0.4) is 0 Å². The largest absolute Gasteiger partial charge is 0.490 e. The van der Waals surface area contributed by atoms with E-state index >= 15 is 0 Å². The third-order valence-electron chi connectivity index (χ3n) is 5.40. The summed E-state index contributed by atoms with van der Waals surface area (Å²) in [5.41, 5.74) is 0.720. The molecule has 5 nitrogen and oxygen atoms in total. The number of hydrogen-bond donors (Lipinski definition) is 2. The molecule has 2 N–H and O–H groups in total. The van der Waals surface area contributed by atoms with Crippen LogP contribution in [0, 0.1) is 0 Å². The monoisotopic (exact) mass is 383 g/mol. The molecule has 28 heavy (non-hydrogen) atoms. The Morgan fingerprint density at radius 2 is 1.75 bits per heavy atom. The molecule has 1 aliphatic heterocycles. The Bertz CT molecular complexity index is 769. The number of ketones is 1. The van der Waals surface area contributed by atoms with Gasteiger partial charge in [-0.2, -0.15) is 0 Å². The number of aliphatic hydroxyl groups excluding tert-OH is 1. The Labute approximate surface area is 166 Å². The molecule has 2 aromatic rings. The van der Waals surface area contributed by atoms with Crippen molar-refractivity contribution in [3.63, 3.8) is 0 Å². The zero-order valence-electron chi connectivity index (χ0n) is 16.4. The molecule has 1 saturated heterocycles. The molecule has 1 aliphatic rings. The smallest absolute Gasteiger partial charge is 0.166 e. The van der Waals surface area contributed by atoms with Gasteiger partial charge in [-0.3, -0.25) is 4.79 Å². The number of piperidine rings is 1. The van der Waals surface area contributed by atoms with Crippen LogP contribution >= 0.6 is 0 Å². The van der Waals surface area contributed by atoms with Crippen LogP contribution in [-0.4, -0.2) is 53.2 Å². The van der Waals surface area contributed by atoms with Gasteiger partial charge in [0.25, 0.3) is 0 Å². The van der Waals surface area contributed by atoms with Gasteiger partial charge in [0.2, 0.25) is 0 Å². The van der Waals surface area contributed by atoms with Crippen molar-refractivity contribution in [1.82, 2.24) is 4.90 Å². The number of carbonyl (C=O) groups excluding carboxylic acids is 1. The number of para-hydroxylation sites is 1. The maximum atomic E-state index is 12.0. The van der Waals surface area contributed by atoms with E-state index in [-0.39, 0.29) is 12.4 Å². The van der Waals surface area contributed by atoms with Gasteiger partial charge in [0.15, 0.2) is 5.78 Å². The number of Topliss-reactive ketones (excluding diaryl/α,β-unsaturated/α-hetero) is 1. The molecule has 3 rings (SSSR count). The van der Waals surface area contributed by atoms with E-state index in [0.29, 0.717) is 50.2 Å². The Hall–Kier alpha value is -2.21. The zero-order chi connectivity index (χ0) is 20.0. The Morgan fingerprint density at radius 3 is 2.43 bits per heavy atom. The lowest BCUT2D eigenvalue weighted by molar-refractivity contribution is -0.0372. The zero-order valence-corrected chi connectivity index (χ0v) is 16.4. The van der Waals surface area contributed by atoms with Crippen molar-refractivity contribution >= 4 is 5.78 Å². The van der Waals surface area contributed by atoms with Crippen molar-refractivity contribution in [2.24, 2.45) is 0 Å². The first-order valence-electron chi connectivity index (χ1n) is 9.95. The highest BCUT2D eigenvalue weighted by atomic mass is 16.5. The molecule has 2 aromatic carbocycles. The van der Waals surface area contributed by atoms with Crippen LogP contribution < -0.4 is 4.74 Å². The van der Waals surface area contributed by atoms with E-state index in [9.17, 15) is 15.0 Å². The van der Waals surface area contributed by atoms with Crippen LogP contribution in [0.2, 0.25) is 0 Å². The minimum Gasteiger partial charge on any atom is -0.490 e. The first kappa shape index (κ1) is 20.5. The van der Waals surface area contributed by atoms with Crippen LogP contribution in [-0.2, 0) is 5.60 Å². The van der Waals surface area contributed by atoms with E-state index in [1.54, 1.807) is 12.1 Å². The molecule has 0 spiro atoms. The quantitative estimate of drug-likeness (QED) is 0.686.